The first-order chi connectivity index (χ1) is 10.1. The highest BCUT2D eigenvalue weighted by Crippen LogP contribution is 2.25. The second-order valence-electron chi connectivity index (χ2n) is 4.84. The zero-order chi connectivity index (χ0) is 15.2. The lowest BCUT2D eigenvalue weighted by molar-refractivity contribution is -0.136. The van der Waals surface area contributed by atoms with Gasteiger partial charge in [0.1, 0.15) is 6.10 Å². The molecule has 1 atom stereocenters. The van der Waals surface area contributed by atoms with Crippen molar-refractivity contribution >= 4 is 29.3 Å². The van der Waals surface area contributed by atoms with Crippen LogP contribution in [0.25, 0.3) is 0 Å². The van der Waals surface area contributed by atoms with Crippen LogP contribution in [0.2, 0.25) is 0 Å². The molecule has 1 aromatic rings. The number of aliphatic carboxylic acids is 1. The number of anilines is 1. The van der Waals surface area contributed by atoms with Gasteiger partial charge in [-0.25, -0.2) is 0 Å². The van der Waals surface area contributed by atoms with Crippen molar-refractivity contribution in [2.45, 2.75) is 30.3 Å². The molecule has 2 rings (SSSR count). The van der Waals surface area contributed by atoms with Crippen LogP contribution in [-0.4, -0.2) is 42.5 Å². The van der Waals surface area contributed by atoms with E-state index in [1.807, 2.05) is 30.5 Å². The molecule has 1 N–H and O–H groups in total. The van der Waals surface area contributed by atoms with Crippen LogP contribution in [0.5, 0.6) is 0 Å². The zero-order valence-electron chi connectivity index (χ0n) is 11.9. The van der Waals surface area contributed by atoms with Gasteiger partial charge in [0.05, 0.1) is 6.42 Å². The summed E-state index contributed by atoms with van der Waals surface area (Å²) in [6.07, 6.45) is 3.00. The highest BCUT2D eigenvalue weighted by atomic mass is 32.2. The number of hydrogen-bond acceptors (Lipinski definition) is 4. The number of rotatable bonds is 6. The van der Waals surface area contributed by atoms with E-state index in [4.69, 9.17) is 9.84 Å². The fourth-order valence-corrected chi connectivity index (χ4v) is 2.75. The smallest absolute Gasteiger partial charge is 0.305 e. The van der Waals surface area contributed by atoms with Crippen LogP contribution in [0, 0.1) is 0 Å². The lowest BCUT2D eigenvalue weighted by atomic mass is 10.2. The molecule has 1 aliphatic heterocycles. The van der Waals surface area contributed by atoms with E-state index >= 15 is 0 Å². The van der Waals surface area contributed by atoms with Gasteiger partial charge in [-0.3, -0.25) is 9.59 Å². The van der Waals surface area contributed by atoms with Gasteiger partial charge < -0.3 is 14.7 Å². The van der Waals surface area contributed by atoms with Crippen LogP contribution in [0.3, 0.4) is 0 Å². The van der Waals surface area contributed by atoms with Crippen molar-refractivity contribution in [3.8, 4) is 0 Å². The van der Waals surface area contributed by atoms with Crippen LogP contribution >= 0.6 is 11.8 Å². The first-order valence-corrected chi connectivity index (χ1v) is 8.13. The molecule has 114 valence electrons. The average Bonchev–Trinajstić information content (AvgIpc) is 3.01. The van der Waals surface area contributed by atoms with E-state index in [0.29, 0.717) is 13.0 Å². The van der Waals surface area contributed by atoms with Crippen LogP contribution in [0.4, 0.5) is 5.69 Å². The Balaban J connectivity index is 2.21. The third kappa shape index (κ3) is 4.22. The van der Waals surface area contributed by atoms with Gasteiger partial charge in [0, 0.05) is 23.7 Å². The summed E-state index contributed by atoms with van der Waals surface area (Å²) in [5, 5.41) is 8.88. The summed E-state index contributed by atoms with van der Waals surface area (Å²) in [5.74, 6) is -1.06. The number of carbonyl (C=O) groups is 2. The molecule has 21 heavy (non-hydrogen) atoms. The minimum atomic E-state index is -0.916. The van der Waals surface area contributed by atoms with Gasteiger partial charge in [0.2, 0.25) is 0 Å². The van der Waals surface area contributed by atoms with Crippen LogP contribution in [0.1, 0.15) is 19.3 Å². The minimum Gasteiger partial charge on any atom is -0.481 e. The van der Waals surface area contributed by atoms with Gasteiger partial charge in [0.25, 0.3) is 5.91 Å². The van der Waals surface area contributed by atoms with Crippen LogP contribution in [-0.2, 0) is 14.3 Å². The van der Waals surface area contributed by atoms with E-state index in [1.165, 1.54) is 4.90 Å². The molecule has 1 unspecified atom stereocenters. The van der Waals surface area contributed by atoms with Crippen molar-refractivity contribution in [2.75, 3.05) is 24.3 Å². The number of nitrogens with zero attached hydrogens (tertiary/aromatic N) is 1. The summed E-state index contributed by atoms with van der Waals surface area (Å²) in [7, 11) is 0. The lowest BCUT2D eigenvalue weighted by Gasteiger charge is -2.25. The number of carbonyl (C=O) groups excluding carboxylic acids is 1. The molecular formula is C15H19NO4S. The number of amides is 1. The Morgan fingerprint density at radius 3 is 2.90 bits per heavy atom. The number of carboxylic acid groups (broad SMARTS) is 1. The first kappa shape index (κ1) is 15.9. The molecular weight excluding hydrogens is 290 g/mol. The Bertz CT molecular complexity index is 514. The number of hydrogen-bond donors (Lipinski definition) is 1. The van der Waals surface area contributed by atoms with Gasteiger partial charge in [-0.05, 0) is 37.3 Å². The Kier molecular flexibility index (Phi) is 5.64. The molecule has 5 nitrogen and oxygen atoms in total. The molecule has 0 bridgehead atoms. The van der Waals surface area contributed by atoms with E-state index in [9.17, 15) is 9.59 Å². The largest absolute Gasteiger partial charge is 0.481 e. The van der Waals surface area contributed by atoms with E-state index in [0.717, 1.165) is 17.0 Å². The molecule has 6 heteroatoms. The maximum atomic E-state index is 12.6. The molecule has 0 aliphatic carbocycles. The van der Waals surface area contributed by atoms with Crippen LogP contribution in [0.15, 0.2) is 29.2 Å². The minimum absolute atomic E-state index is 0.0814. The van der Waals surface area contributed by atoms with Gasteiger partial charge in [-0.1, -0.05) is 6.07 Å². The summed E-state index contributed by atoms with van der Waals surface area (Å²) in [6, 6.07) is 7.56. The van der Waals surface area contributed by atoms with E-state index in [1.54, 1.807) is 11.8 Å². The highest BCUT2D eigenvalue weighted by molar-refractivity contribution is 7.98. The Labute approximate surface area is 128 Å². The average molecular weight is 309 g/mol. The van der Waals surface area contributed by atoms with Gasteiger partial charge in [0.15, 0.2) is 0 Å². The third-order valence-electron chi connectivity index (χ3n) is 3.39. The predicted molar refractivity (Wildman–Crippen MR) is 81.8 cm³/mol. The fourth-order valence-electron chi connectivity index (χ4n) is 2.30. The summed E-state index contributed by atoms with van der Waals surface area (Å²) >= 11 is 1.58. The maximum Gasteiger partial charge on any atom is 0.305 e. The standard InChI is InChI=1S/C15H19NO4S/c1-21-12-5-2-4-11(10-12)16(8-7-14(17)18)15(19)13-6-3-9-20-13/h2,4-5,10,13H,3,6-9H2,1H3,(H,17,18). The lowest BCUT2D eigenvalue weighted by Crippen LogP contribution is -2.40. The molecule has 1 heterocycles. The van der Waals surface area contributed by atoms with Gasteiger partial charge in [-0.2, -0.15) is 0 Å². The highest BCUT2D eigenvalue weighted by Gasteiger charge is 2.29. The normalized spacial score (nSPS) is 17.7. The molecule has 1 saturated heterocycles. The summed E-state index contributed by atoms with van der Waals surface area (Å²) < 4.78 is 5.44. The van der Waals surface area contributed by atoms with Crippen LogP contribution < -0.4 is 4.90 Å². The summed E-state index contributed by atoms with van der Waals surface area (Å²) in [5.41, 5.74) is 0.726. The van der Waals surface area contributed by atoms with Crippen molar-refractivity contribution < 1.29 is 19.4 Å². The first-order valence-electron chi connectivity index (χ1n) is 6.90. The summed E-state index contributed by atoms with van der Waals surface area (Å²) in [4.78, 5) is 26.0. The molecule has 1 fully saturated rings. The Morgan fingerprint density at radius 2 is 2.29 bits per heavy atom. The van der Waals surface area contributed by atoms with E-state index in [-0.39, 0.29) is 18.9 Å². The fraction of sp³-hybridized carbons (Fsp3) is 0.467. The monoisotopic (exact) mass is 309 g/mol. The second kappa shape index (κ2) is 7.47. The van der Waals surface area contributed by atoms with E-state index < -0.39 is 12.1 Å². The van der Waals surface area contributed by atoms with Gasteiger partial charge in [-0.15, -0.1) is 11.8 Å². The number of benzene rings is 1. The summed E-state index contributed by atoms with van der Waals surface area (Å²) in [6.45, 7) is 0.750. The SMILES string of the molecule is CSc1cccc(N(CCC(=O)O)C(=O)C2CCCO2)c1. The van der Waals surface area contributed by atoms with Crippen molar-refractivity contribution in [3.05, 3.63) is 24.3 Å². The molecule has 1 aliphatic rings. The molecule has 0 saturated carbocycles. The van der Waals surface area contributed by atoms with Crippen molar-refractivity contribution in [2.24, 2.45) is 0 Å². The Morgan fingerprint density at radius 1 is 1.48 bits per heavy atom. The molecule has 0 spiro atoms. The van der Waals surface area contributed by atoms with Crippen molar-refractivity contribution in [3.63, 3.8) is 0 Å². The maximum absolute atomic E-state index is 12.6. The van der Waals surface area contributed by atoms with Gasteiger partial charge >= 0.3 is 5.97 Å². The van der Waals surface area contributed by atoms with E-state index in [2.05, 4.69) is 0 Å². The number of thioether (sulfide) groups is 1. The molecule has 0 radical (unpaired) electrons. The molecule has 0 aromatic heterocycles. The topological polar surface area (TPSA) is 66.8 Å². The third-order valence-corrected chi connectivity index (χ3v) is 4.11. The van der Waals surface area contributed by atoms with Crippen molar-refractivity contribution in [1.29, 1.82) is 0 Å². The van der Waals surface area contributed by atoms with Crippen molar-refractivity contribution in [1.82, 2.24) is 0 Å². The number of ether oxygens (including phenoxy) is 1. The number of carboxylic acids is 1. The predicted octanol–water partition coefficient (Wildman–Crippen LogP) is 2.40. The quantitative estimate of drug-likeness (QED) is 0.817. The second-order valence-corrected chi connectivity index (χ2v) is 5.72. The zero-order valence-corrected chi connectivity index (χ0v) is 12.8. The Hall–Kier alpha value is -1.53. The molecule has 1 aromatic carbocycles. The molecule has 1 amide bonds.